The van der Waals surface area contributed by atoms with Gasteiger partial charge in [-0.3, -0.25) is 14.5 Å². The van der Waals surface area contributed by atoms with Gasteiger partial charge >= 0.3 is 5.63 Å². The summed E-state index contributed by atoms with van der Waals surface area (Å²) in [6, 6.07) is 8.46. The van der Waals surface area contributed by atoms with E-state index in [1.165, 1.54) is 17.4 Å². The van der Waals surface area contributed by atoms with E-state index >= 15 is 0 Å². The first-order chi connectivity index (χ1) is 13.5. The van der Waals surface area contributed by atoms with Crippen molar-refractivity contribution in [3.8, 4) is 0 Å². The van der Waals surface area contributed by atoms with Crippen LogP contribution in [0.2, 0.25) is 0 Å². The number of benzene rings is 1. The highest BCUT2D eigenvalue weighted by Gasteiger charge is 2.28. The van der Waals surface area contributed by atoms with Gasteiger partial charge in [-0.15, -0.1) is 11.3 Å². The second-order valence-electron chi connectivity index (χ2n) is 6.63. The van der Waals surface area contributed by atoms with E-state index in [2.05, 4.69) is 17.1 Å². The van der Waals surface area contributed by atoms with Gasteiger partial charge in [-0.25, -0.2) is 4.79 Å². The van der Waals surface area contributed by atoms with Crippen molar-refractivity contribution in [1.29, 1.82) is 0 Å². The summed E-state index contributed by atoms with van der Waals surface area (Å²) in [5.41, 5.74) is 6.39. The Hall–Kier alpha value is -2.97. The number of carbonyl (C=O) groups excluding carboxylic acids is 2. The molecule has 8 heteroatoms. The van der Waals surface area contributed by atoms with E-state index in [1.807, 2.05) is 0 Å². The summed E-state index contributed by atoms with van der Waals surface area (Å²) in [4.78, 5) is 40.3. The smallest absolute Gasteiger partial charge is 0.349 e. The summed E-state index contributed by atoms with van der Waals surface area (Å²) in [6.07, 6.45) is 0.700. The lowest BCUT2D eigenvalue weighted by molar-refractivity contribution is 0.1000. The van der Waals surface area contributed by atoms with Crippen LogP contribution in [0.4, 0.5) is 5.00 Å². The minimum atomic E-state index is -0.727. The third kappa shape index (κ3) is 3.21. The Morgan fingerprint density at radius 2 is 2.11 bits per heavy atom. The highest BCUT2D eigenvalue weighted by atomic mass is 32.1. The Morgan fingerprint density at radius 1 is 1.32 bits per heavy atom. The van der Waals surface area contributed by atoms with Gasteiger partial charge in [0.2, 0.25) is 0 Å². The molecule has 28 heavy (non-hydrogen) atoms. The molecule has 3 N–H and O–H groups in total. The number of carbonyl (C=O) groups is 2. The molecule has 1 aliphatic heterocycles. The number of rotatable bonds is 4. The van der Waals surface area contributed by atoms with Crippen molar-refractivity contribution >= 4 is 39.1 Å². The molecule has 0 fully saturated rings. The monoisotopic (exact) mass is 397 g/mol. The van der Waals surface area contributed by atoms with Gasteiger partial charge in [-0.05, 0) is 30.7 Å². The number of amides is 2. The van der Waals surface area contributed by atoms with Crippen molar-refractivity contribution in [3.63, 3.8) is 0 Å². The molecule has 144 valence electrons. The van der Waals surface area contributed by atoms with E-state index in [0.29, 0.717) is 34.5 Å². The first-order valence-corrected chi connectivity index (χ1v) is 9.80. The fraction of sp³-hybridized carbons (Fsp3) is 0.250. The van der Waals surface area contributed by atoms with E-state index in [0.717, 1.165) is 23.5 Å². The predicted molar refractivity (Wildman–Crippen MR) is 108 cm³/mol. The Kier molecular flexibility index (Phi) is 4.74. The van der Waals surface area contributed by atoms with Gasteiger partial charge in [-0.2, -0.15) is 0 Å². The maximum Gasteiger partial charge on any atom is 0.349 e. The Bertz CT molecular complexity index is 1150. The molecular formula is C20H19N3O4S. The van der Waals surface area contributed by atoms with Crippen LogP contribution in [0.3, 0.4) is 0 Å². The molecule has 1 aliphatic rings. The number of nitrogens with zero attached hydrogens (tertiary/aromatic N) is 1. The lowest BCUT2D eigenvalue weighted by Crippen LogP contribution is -2.30. The molecule has 0 aliphatic carbocycles. The zero-order valence-corrected chi connectivity index (χ0v) is 16.1. The average molecular weight is 397 g/mol. The third-order valence-corrected chi connectivity index (χ3v) is 6.07. The molecule has 2 amide bonds. The zero-order chi connectivity index (χ0) is 19.8. The lowest BCUT2D eigenvalue weighted by Gasteiger charge is -2.25. The van der Waals surface area contributed by atoms with Crippen molar-refractivity contribution in [3.05, 3.63) is 62.3 Å². The van der Waals surface area contributed by atoms with Crippen LogP contribution in [0, 0.1) is 0 Å². The summed E-state index contributed by atoms with van der Waals surface area (Å²) < 4.78 is 5.23. The van der Waals surface area contributed by atoms with Crippen molar-refractivity contribution in [2.24, 2.45) is 5.73 Å². The van der Waals surface area contributed by atoms with Gasteiger partial charge in [0, 0.05) is 23.4 Å². The summed E-state index contributed by atoms with van der Waals surface area (Å²) in [7, 11) is 0. The number of hydrogen-bond donors (Lipinski definition) is 2. The molecule has 7 nitrogen and oxygen atoms in total. The molecule has 0 bridgehead atoms. The number of anilines is 1. The lowest BCUT2D eigenvalue weighted by atomic mass is 10.0. The molecule has 1 aromatic carbocycles. The number of nitrogens with two attached hydrogens (primary N) is 1. The number of hydrogen-bond acceptors (Lipinski definition) is 6. The van der Waals surface area contributed by atoms with Crippen molar-refractivity contribution in [2.45, 2.75) is 19.9 Å². The average Bonchev–Trinajstić information content (AvgIpc) is 3.04. The molecule has 0 spiro atoms. The highest BCUT2D eigenvalue weighted by molar-refractivity contribution is 7.17. The standard InChI is InChI=1S/C20H19N3O4S/c1-2-23-8-7-12-15(10-23)28-19(16(12)17(21)24)22-18(25)13-9-11-5-3-4-6-14(11)27-20(13)26/h3-6,9H,2,7-8,10H2,1H3,(H2,21,24)(H,22,25). The summed E-state index contributed by atoms with van der Waals surface area (Å²) in [6.45, 7) is 4.53. The highest BCUT2D eigenvalue weighted by Crippen LogP contribution is 2.37. The van der Waals surface area contributed by atoms with E-state index in [4.69, 9.17) is 10.2 Å². The number of nitrogens with one attached hydrogen (secondary N) is 1. The molecule has 0 unspecified atom stereocenters. The number of thiophene rings is 1. The zero-order valence-electron chi connectivity index (χ0n) is 15.3. The second kappa shape index (κ2) is 7.21. The Labute approximate surface area is 164 Å². The van der Waals surface area contributed by atoms with E-state index < -0.39 is 17.4 Å². The fourth-order valence-corrected chi connectivity index (χ4v) is 4.76. The number of primary amides is 1. The molecule has 4 rings (SSSR count). The normalized spacial score (nSPS) is 14.0. The molecule has 0 saturated carbocycles. The molecule has 0 atom stereocenters. The minimum absolute atomic E-state index is 0.115. The molecule has 0 radical (unpaired) electrons. The Balaban J connectivity index is 1.70. The van der Waals surface area contributed by atoms with Gasteiger partial charge in [0.05, 0.1) is 5.56 Å². The number of fused-ring (bicyclic) bond motifs is 2. The van der Waals surface area contributed by atoms with Crippen LogP contribution >= 0.6 is 11.3 Å². The maximum absolute atomic E-state index is 12.8. The van der Waals surface area contributed by atoms with Crippen LogP contribution in [-0.2, 0) is 13.0 Å². The SMILES string of the molecule is CCN1CCc2c(sc(NC(=O)c3cc4ccccc4oc3=O)c2C(N)=O)C1. The van der Waals surface area contributed by atoms with Crippen LogP contribution < -0.4 is 16.7 Å². The largest absolute Gasteiger partial charge is 0.422 e. The van der Waals surface area contributed by atoms with Crippen LogP contribution in [0.1, 0.15) is 38.1 Å². The van der Waals surface area contributed by atoms with Gasteiger partial charge < -0.3 is 15.5 Å². The van der Waals surface area contributed by atoms with Crippen LogP contribution in [0.25, 0.3) is 11.0 Å². The van der Waals surface area contributed by atoms with Crippen molar-refractivity contribution in [2.75, 3.05) is 18.4 Å². The van der Waals surface area contributed by atoms with Gasteiger partial charge in [0.25, 0.3) is 11.8 Å². The van der Waals surface area contributed by atoms with E-state index in [9.17, 15) is 14.4 Å². The maximum atomic E-state index is 12.8. The van der Waals surface area contributed by atoms with E-state index in [-0.39, 0.29) is 5.56 Å². The second-order valence-corrected chi connectivity index (χ2v) is 7.74. The van der Waals surface area contributed by atoms with Crippen LogP contribution in [-0.4, -0.2) is 29.8 Å². The molecule has 3 heterocycles. The molecular weight excluding hydrogens is 378 g/mol. The third-order valence-electron chi connectivity index (χ3n) is 4.94. The van der Waals surface area contributed by atoms with Gasteiger partial charge in [0.15, 0.2) is 0 Å². The summed E-state index contributed by atoms with van der Waals surface area (Å²) >= 11 is 1.33. The predicted octanol–water partition coefficient (Wildman–Crippen LogP) is 2.58. The fourth-order valence-electron chi connectivity index (χ4n) is 3.47. The topological polar surface area (TPSA) is 106 Å². The summed E-state index contributed by atoms with van der Waals surface area (Å²) in [5, 5.41) is 3.73. The van der Waals surface area contributed by atoms with Crippen LogP contribution in [0.15, 0.2) is 39.5 Å². The number of para-hydroxylation sites is 1. The van der Waals surface area contributed by atoms with Crippen LogP contribution in [0.5, 0.6) is 0 Å². The number of likely N-dealkylation sites (N-methyl/N-ethyl adjacent to an activating group) is 1. The van der Waals surface area contributed by atoms with E-state index in [1.54, 1.807) is 24.3 Å². The van der Waals surface area contributed by atoms with Crippen molar-refractivity contribution < 1.29 is 14.0 Å². The summed E-state index contributed by atoms with van der Waals surface area (Å²) in [5.74, 6) is -1.20. The van der Waals surface area contributed by atoms with Gasteiger partial charge in [-0.1, -0.05) is 25.1 Å². The van der Waals surface area contributed by atoms with Crippen molar-refractivity contribution in [1.82, 2.24) is 4.90 Å². The molecule has 3 aromatic rings. The quantitative estimate of drug-likeness (QED) is 0.658. The molecule has 2 aromatic heterocycles. The first-order valence-electron chi connectivity index (χ1n) is 8.99. The first kappa shape index (κ1) is 18.4. The van der Waals surface area contributed by atoms with Gasteiger partial charge in [0.1, 0.15) is 16.1 Å². The Morgan fingerprint density at radius 3 is 2.86 bits per heavy atom. The minimum Gasteiger partial charge on any atom is -0.422 e. The molecule has 0 saturated heterocycles.